The fourth-order valence-electron chi connectivity index (χ4n) is 2.04. The minimum Gasteiger partial charge on any atom is -0.443 e. The number of carbonyl (C=O) groups excluding carboxylic acids is 2. The SMILES string of the molecule is CC(C)CC(C=O)N(C(=O)OC(C)(C)C)c1ccccc1. The maximum absolute atomic E-state index is 12.5. The van der Waals surface area contributed by atoms with E-state index in [4.69, 9.17) is 4.74 Å². The highest BCUT2D eigenvalue weighted by atomic mass is 16.6. The van der Waals surface area contributed by atoms with E-state index >= 15 is 0 Å². The van der Waals surface area contributed by atoms with Crippen LogP contribution in [0.1, 0.15) is 41.0 Å². The van der Waals surface area contributed by atoms with Crippen molar-refractivity contribution in [3.63, 3.8) is 0 Å². The van der Waals surface area contributed by atoms with E-state index in [1.807, 2.05) is 52.8 Å². The molecule has 4 heteroatoms. The van der Waals surface area contributed by atoms with Gasteiger partial charge in [0.2, 0.25) is 0 Å². The second-order valence-corrected chi connectivity index (χ2v) is 6.52. The van der Waals surface area contributed by atoms with Crippen molar-refractivity contribution in [3.05, 3.63) is 30.3 Å². The predicted octanol–water partition coefficient (Wildman–Crippen LogP) is 4.04. The Balaban J connectivity index is 3.10. The predicted molar refractivity (Wildman–Crippen MR) is 84.5 cm³/mol. The number of anilines is 1. The zero-order chi connectivity index (χ0) is 16.0. The Kier molecular flexibility index (Phi) is 5.94. The Hall–Kier alpha value is -1.84. The molecule has 0 spiro atoms. The molecule has 0 aromatic heterocycles. The summed E-state index contributed by atoms with van der Waals surface area (Å²) in [5, 5.41) is 0. The normalized spacial score (nSPS) is 12.9. The van der Waals surface area contributed by atoms with Gasteiger partial charge in [0.25, 0.3) is 0 Å². The van der Waals surface area contributed by atoms with Gasteiger partial charge in [-0.2, -0.15) is 0 Å². The lowest BCUT2D eigenvalue weighted by molar-refractivity contribution is -0.109. The molecule has 21 heavy (non-hydrogen) atoms. The van der Waals surface area contributed by atoms with Crippen molar-refractivity contribution in [1.29, 1.82) is 0 Å². The fourth-order valence-corrected chi connectivity index (χ4v) is 2.04. The summed E-state index contributed by atoms with van der Waals surface area (Å²) in [5.41, 5.74) is 0.0690. The maximum atomic E-state index is 12.5. The number of benzene rings is 1. The van der Waals surface area contributed by atoms with Gasteiger partial charge in [-0.1, -0.05) is 32.0 Å². The Bertz CT molecular complexity index is 463. The molecule has 0 fully saturated rings. The number of carbonyl (C=O) groups is 2. The first-order valence-corrected chi connectivity index (χ1v) is 7.27. The third-order valence-electron chi connectivity index (χ3n) is 2.83. The highest BCUT2D eigenvalue weighted by Gasteiger charge is 2.29. The summed E-state index contributed by atoms with van der Waals surface area (Å²) in [6.45, 7) is 9.48. The molecular formula is C17H25NO3. The van der Waals surface area contributed by atoms with Crippen LogP contribution in [0, 0.1) is 5.92 Å². The maximum Gasteiger partial charge on any atom is 0.415 e. The van der Waals surface area contributed by atoms with Gasteiger partial charge >= 0.3 is 6.09 Å². The van der Waals surface area contributed by atoms with Crippen LogP contribution in [-0.2, 0) is 9.53 Å². The zero-order valence-corrected chi connectivity index (χ0v) is 13.5. The summed E-state index contributed by atoms with van der Waals surface area (Å²) < 4.78 is 5.45. The van der Waals surface area contributed by atoms with Crippen LogP contribution in [0.3, 0.4) is 0 Å². The Morgan fingerprint density at radius 2 is 1.81 bits per heavy atom. The molecule has 4 nitrogen and oxygen atoms in total. The van der Waals surface area contributed by atoms with Crippen molar-refractivity contribution in [3.8, 4) is 0 Å². The van der Waals surface area contributed by atoms with Gasteiger partial charge in [0.15, 0.2) is 0 Å². The lowest BCUT2D eigenvalue weighted by atomic mass is 10.0. The second-order valence-electron chi connectivity index (χ2n) is 6.52. The van der Waals surface area contributed by atoms with E-state index in [2.05, 4.69) is 0 Å². The van der Waals surface area contributed by atoms with Gasteiger partial charge in [0.1, 0.15) is 11.9 Å². The summed E-state index contributed by atoms with van der Waals surface area (Å²) in [6.07, 6.45) is 0.917. The van der Waals surface area contributed by atoms with E-state index in [1.165, 1.54) is 4.90 Å². The van der Waals surface area contributed by atoms with E-state index in [0.29, 0.717) is 18.0 Å². The van der Waals surface area contributed by atoms with Crippen molar-refractivity contribution < 1.29 is 14.3 Å². The topological polar surface area (TPSA) is 46.6 Å². The lowest BCUT2D eigenvalue weighted by Crippen LogP contribution is -2.45. The molecule has 0 saturated heterocycles. The molecule has 0 aliphatic carbocycles. The number of hydrogen-bond acceptors (Lipinski definition) is 3. The molecule has 0 saturated carbocycles. The van der Waals surface area contributed by atoms with Gasteiger partial charge in [-0.25, -0.2) is 4.79 Å². The molecule has 1 aromatic rings. The third-order valence-corrected chi connectivity index (χ3v) is 2.83. The van der Waals surface area contributed by atoms with Crippen LogP contribution in [0.2, 0.25) is 0 Å². The number of nitrogens with zero attached hydrogens (tertiary/aromatic N) is 1. The number of amides is 1. The van der Waals surface area contributed by atoms with Crippen LogP contribution in [-0.4, -0.2) is 24.0 Å². The molecule has 1 aromatic carbocycles. The highest BCUT2D eigenvalue weighted by Crippen LogP contribution is 2.23. The number of para-hydroxylation sites is 1. The molecule has 1 atom stereocenters. The first-order valence-electron chi connectivity index (χ1n) is 7.27. The second kappa shape index (κ2) is 7.25. The molecule has 1 amide bonds. The van der Waals surface area contributed by atoms with E-state index < -0.39 is 17.7 Å². The van der Waals surface area contributed by atoms with Crippen molar-refractivity contribution in [2.75, 3.05) is 4.90 Å². The molecule has 116 valence electrons. The first-order chi connectivity index (χ1) is 9.74. The van der Waals surface area contributed by atoms with E-state index in [0.717, 1.165) is 6.29 Å². The average molecular weight is 291 g/mol. The third kappa shape index (κ3) is 5.58. The van der Waals surface area contributed by atoms with Crippen LogP contribution < -0.4 is 4.90 Å². The quantitative estimate of drug-likeness (QED) is 0.769. The fraction of sp³-hybridized carbons (Fsp3) is 0.529. The van der Waals surface area contributed by atoms with Crippen molar-refractivity contribution in [1.82, 2.24) is 0 Å². The van der Waals surface area contributed by atoms with Crippen LogP contribution in [0.15, 0.2) is 30.3 Å². The van der Waals surface area contributed by atoms with Crippen molar-refractivity contribution in [2.45, 2.75) is 52.7 Å². The number of ether oxygens (including phenoxy) is 1. The molecule has 0 radical (unpaired) electrons. The van der Waals surface area contributed by atoms with Gasteiger partial charge in [-0.3, -0.25) is 4.90 Å². The van der Waals surface area contributed by atoms with Gasteiger partial charge in [-0.15, -0.1) is 0 Å². The molecular weight excluding hydrogens is 266 g/mol. The van der Waals surface area contributed by atoms with Crippen LogP contribution in [0.5, 0.6) is 0 Å². The Morgan fingerprint density at radius 3 is 2.24 bits per heavy atom. The number of rotatable bonds is 5. The minimum atomic E-state index is -0.602. The molecule has 0 heterocycles. The smallest absolute Gasteiger partial charge is 0.415 e. The summed E-state index contributed by atoms with van der Waals surface area (Å²) in [5.74, 6) is 0.300. The molecule has 0 N–H and O–H groups in total. The van der Waals surface area contributed by atoms with Gasteiger partial charge in [-0.05, 0) is 45.2 Å². The van der Waals surface area contributed by atoms with Gasteiger partial charge < -0.3 is 9.53 Å². The van der Waals surface area contributed by atoms with Crippen LogP contribution in [0.4, 0.5) is 10.5 Å². The summed E-state index contributed by atoms with van der Waals surface area (Å²) in [7, 11) is 0. The lowest BCUT2D eigenvalue weighted by Gasteiger charge is -2.31. The van der Waals surface area contributed by atoms with Crippen molar-refractivity contribution >= 4 is 18.1 Å². The van der Waals surface area contributed by atoms with Crippen molar-refractivity contribution in [2.24, 2.45) is 5.92 Å². The zero-order valence-electron chi connectivity index (χ0n) is 13.5. The molecule has 1 unspecified atom stereocenters. The number of hydrogen-bond donors (Lipinski definition) is 0. The standard InChI is InChI=1S/C17H25NO3/c1-13(2)11-15(12-19)18(14-9-7-6-8-10-14)16(20)21-17(3,4)5/h6-10,12-13,15H,11H2,1-5H3. The van der Waals surface area contributed by atoms with E-state index in [-0.39, 0.29) is 0 Å². The molecule has 0 aliphatic heterocycles. The Labute approximate surface area is 127 Å². The molecule has 0 aliphatic rings. The van der Waals surface area contributed by atoms with Crippen LogP contribution in [0.25, 0.3) is 0 Å². The molecule has 1 rings (SSSR count). The first kappa shape index (κ1) is 17.2. The summed E-state index contributed by atoms with van der Waals surface area (Å²) in [4.78, 5) is 25.4. The monoisotopic (exact) mass is 291 g/mol. The Morgan fingerprint density at radius 1 is 1.24 bits per heavy atom. The van der Waals surface area contributed by atoms with E-state index in [9.17, 15) is 9.59 Å². The van der Waals surface area contributed by atoms with Gasteiger partial charge in [0.05, 0.1) is 6.04 Å². The van der Waals surface area contributed by atoms with E-state index in [1.54, 1.807) is 12.1 Å². The minimum absolute atomic E-state index is 0.300. The van der Waals surface area contributed by atoms with Crippen LogP contribution >= 0.6 is 0 Å². The average Bonchev–Trinajstić information content (AvgIpc) is 2.36. The summed E-state index contributed by atoms with van der Waals surface area (Å²) >= 11 is 0. The molecule has 0 bridgehead atoms. The van der Waals surface area contributed by atoms with Gasteiger partial charge in [0, 0.05) is 5.69 Å². The largest absolute Gasteiger partial charge is 0.443 e. The highest BCUT2D eigenvalue weighted by molar-refractivity contribution is 5.92. The summed E-state index contributed by atoms with van der Waals surface area (Å²) in [6, 6.07) is 8.63. The number of aldehydes is 1.